The molecule has 0 spiro atoms. The van der Waals surface area contributed by atoms with Crippen LogP contribution in [0.5, 0.6) is 0 Å². The van der Waals surface area contributed by atoms with Crippen molar-refractivity contribution in [2.24, 2.45) is 0 Å². The van der Waals surface area contributed by atoms with Crippen LogP contribution < -0.4 is 11.3 Å². The van der Waals surface area contributed by atoms with E-state index in [4.69, 9.17) is 40.4 Å². The number of ether oxygens (including phenoxy) is 1. The number of alkyl halides is 1. The Morgan fingerprint density at radius 1 is 1.32 bits per heavy atom. The highest BCUT2D eigenvalue weighted by atomic mass is 32.7. The number of nitrogens with zero attached hydrogens (tertiary/aromatic N) is 7. The Balaban J connectivity index is 1.35. The first kappa shape index (κ1) is 28.9. The number of nitrogens with one attached hydrogen (secondary N) is 1. The van der Waals surface area contributed by atoms with Crippen molar-refractivity contribution in [3.05, 3.63) is 34.2 Å². The number of halogens is 1. The van der Waals surface area contributed by atoms with E-state index in [-0.39, 0.29) is 36.1 Å². The smallest absolute Gasteiger partial charge is 0.369 e. The van der Waals surface area contributed by atoms with Crippen LogP contribution in [0.15, 0.2) is 22.8 Å². The summed E-state index contributed by atoms with van der Waals surface area (Å²) in [5.41, 5.74) is 6.48. The van der Waals surface area contributed by atoms with E-state index in [1.54, 1.807) is 11.7 Å². The van der Waals surface area contributed by atoms with Crippen LogP contribution in [-0.4, -0.2) is 75.8 Å². The van der Waals surface area contributed by atoms with Crippen molar-refractivity contribution < 1.29 is 36.7 Å². The van der Waals surface area contributed by atoms with Gasteiger partial charge in [-0.25, -0.2) is 23.6 Å². The van der Waals surface area contributed by atoms with Gasteiger partial charge in [-0.2, -0.15) is 4.98 Å². The van der Waals surface area contributed by atoms with Gasteiger partial charge in [0.15, 0.2) is 35.2 Å². The maximum atomic E-state index is 15.8. The molecule has 41 heavy (non-hydrogen) atoms. The standard InChI is InChI=1S/C18H20FN9O8P2S3/c19-11-8-4-33-37(30,39)32-2-1-28-10(23-14(26-28)9-3-21-7-41-9)5-34-38(31,40)36-13(11)17(35-8)27-6-22-12-15(27)24-18(20)25-16(12)29/h3,6-8,11,13,17H,1-2,4-5H2,(H,30,39)(H,31,40)(H3,20,24,25,29)/t8-,11+,13-,17-,37?,38?/m1/s1. The second-order valence-electron chi connectivity index (χ2n) is 8.63. The lowest BCUT2D eigenvalue weighted by atomic mass is 10.1. The number of rotatable bonds is 2. The molecule has 4 N–H and O–H groups in total. The Morgan fingerprint density at radius 2 is 2.15 bits per heavy atom. The number of nitrogen functional groups attached to an aromatic ring is 1. The number of thiazole rings is 1. The minimum atomic E-state index is -4.31. The third-order valence-corrected chi connectivity index (χ3v) is 9.94. The van der Waals surface area contributed by atoms with Crippen molar-refractivity contribution in [3.63, 3.8) is 0 Å². The molecule has 23 heteroatoms. The Hall–Kier alpha value is -2.16. The first-order valence-electron chi connectivity index (χ1n) is 11.6. The highest BCUT2D eigenvalue weighted by Gasteiger charge is 2.51. The molecule has 1 saturated heterocycles. The zero-order valence-electron chi connectivity index (χ0n) is 20.4. The van der Waals surface area contributed by atoms with E-state index in [9.17, 15) is 14.3 Å². The number of thiol groups is 1. The lowest BCUT2D eigenvalue weighted by molar-refractivity contribution is -0.0454. The number of nitrogens with two attached hydrogens (primary N) is 1. The van der Waals surface area contributed by atoms with E-state index in [0.717, 1.165) is 6.33 Å². The fourth-order valence-electron chi connectivity index (χ4n) is 4.16. The Kier molecular flexibility index (Phi) is 7.88. The van der Waals surface area contributed by atoms with Gasteiger partial charge in [-0.3, -0.25) is 28.4 Å². The van der Waals surface area contributed by atoms with Crippen LogP contribution in [0.4, 0.5) is 10.3 Å². The summed E-state index contributed by atoms with van der Waals surface area (Å²) >= 11 is 10.4. The highest BCUT2D eigenvalue weighted by Crippen LogP contribution is 2.57. The number of anilines is 1. The molecule has 6 heterocycles. The lowest BCUT2D eigenvalue weighted by Crippen LogP contribution is -2.32. The van der Waals surface area contributed by atoms with E-state index in [1.807, 2.05) is 0 Å². The van der Waals surface area contributed by atoms with Crippen LogP contribution in [0.2, 0.25) is 0 Å². The van der Waals surface area contributed by atoms with Crippen molar-refractivity contribution >= 4 is 66.0 Å². The Morgan fingerprint density at radius 3 is 2.93 bits per heavy atom. The number of aromatic amines is 1. The molecule has 17 nitrogen and oxygen atoms in total. The molecule has 0 aliphatic carbocycles. The molecule has 0 saturated carbocycles. The summed E-state index contributed by atoms with van der Waals surface area (Å²) in [6, 6.07) is 0. The molecule has 6 atom stereocenters. The van der Waals surface area contributed by atoms with Gasteiger partial charge in [0.1, 0.15) is 18.8 Å². The van der Waals surface area contributed by atoms with Crippen molar-refractivity contribution in [2.75, 3.05) is 18.9 Å². The van der Waals surface area contributed by atoms with E-state index in [2.05, 4.69) is 42.3 Å². The van der Waals surface area contributed by atoms with Gasteiger partial charge >= 0.3 is 13.5 Å². The maximum absolute atomic E-state index is 15.8. The molecule has 2 unspecified atom stereocenters. The predicted molar refractivity (Wildman–Crippen MR) is 147 cm³/mol. The summed E-state index contributed by atoms with van der Waals surface area (Å²) < 4.78 is 59.4. The van der Waals surface area contributed by atoms with Crippen LogP contribution in [0.25, 0.3) is 21.9 Å². The largest absolute Gasteiger partial charge is 0.387 e. The van der Waals surface area contributed by atoms with Gasteiger partial charge in [-0.05, 0) is 11.8 Å². The van der Waals surface area contributed by atoms with Crippen molar-refractivity contribution in [1.82, 2.24) is 39.3 Å². The number of hydrogen-bond donors (Lipinski definition) is 4. The predicted octanol–water partition coefficient (Wildman–Crippen LogP) is 1.56. The molecule has 220 valence electrons. The second kappa shape index (κ2) is 11.2. The fraction of sp³-hybridized carbons (Fsp3) is 0.444. The molecule has 6 rings (SSSR count). The average molecular weight is 668 g/mol. The summed E-state index contributed by atoms with van der Waals surface area (Å²) in [6.45, 7) is -9.23. The lowest BCUT2D eigenvalue weighted by Gasteiger charge is -2.23. The SMILES string of the molecule is Nc1nc2c(ncn2[C@@H]2O[C@@H]3COP(O)(=S)OCCn4nc(-c5cncs5)nc4COP(=O)(S)O[C@@H]2[C@H]3F)c(=O)[nH]1. The van der Waals surface area contributed by atoms with Gasteiger partial charge in [-0.1, -0.05) is 12.2 Å². The first-order chi connectivity index (χ1) is 19.5. The number of fused-ring (bicyclic) bond motifs is 4. The minimum absolute atomic E-state index is 0.0535. The van der Waals surface area contributed by atoms with E-state index >= 15 is 4.39 Å². The average Bonchev–Trinajstić information content (AvgIpc) is 3.69. The number of hydrogen-bond acceptors (Lipinski definition) is 15. The van der Waals surface area contributed by atoms with E-state index < -0.39 is 56.9 Å². The monoisotopic (exact) mass is 667 g/mol. The van der Waals surface area contributed by atoms with Crippen LogP contribution in [0.3, 0.4) is 0 Å². The zero-order valence-corrected chi connectivity index (χ0v) is 24.7. The van der Waals surface area contributed by atoms with Crippen molar-refractivity contribution in [2.45, 2.75) is 37.8 Å². The Labute approximate surface area is 243 Å². The van der Waals surface area contributed by atoms with Crippen molar-refractivity contribution in [3.8, 4) is 10.7 Å². The first-order valence-corrected chi connectivity index (χ1v) is 17.8. The number of aromatic nitrogens is 8. The third-order valence-electron chi connectivity index (χ3n) is 5.96. The van der Waals surface area contributed by atoms with Gasteiger partial charge in [0, 0.05) is 6.20 Å². The molecule has 2 aliphatic heterocycles. The topological polar surface area (TPSA) is 217 Å². The van der Waals surface area contributed by atoms with Crippen molar-refractivity contribution in [1.29, 1.82) is 0 Å². The molecule has 2 bridgehead atoms. The summed E-state index contributed by atoms with van der Waals surface area (Å²) in [4.78, 5) is 42.3. The fourth-order valence-corrected chi connectivity index (χ4v) is 7.20. The molecule has 0 aromatic carbocycles. The third kappa shape index (κ3) is 6.02. The quantitative estimate of drug-likeness (QED) is 0.176. The number of H-pyrrole nitrogens is 1. The van der Waals surface area contributed by atoms with E-state index in [1.165, 1.54) is 20.6 Å². The van der Waals surface area contributed by atoms with Gasteiger partial charge in [0.2, 0.25) is 5.95 Å². The maximum Gasteiger partial charge on any atom is 0.387 e. The summed E-state index contributed by atoms with van der Waals surface area (Å²) in [7, 11) is 0. The molecular formula is C18H20FN9O8P2S3. The molecule has 2 aliphatic rings. The zero-order chi connectivity index (χ0) is 28.9. The second-order valence-corrected chi connectivity index (χ2v) is 15.2. The molecule has 1 fully saturated rings. The summed E-state index contributed by atoms with van der Waals surface area (Å²) in [6.07, 6.45) is -3.71. The van der Waals surface area contributed by atoms with E-state index in [0.29, 0.717) is 10.7 Å². The normalized spacial score (nSPS) is 31.5. The van der Waals surface area contributed by atoms with Gasteiger partial charge in [0.05, 0.1) is 36.5 Å². The van der Waals surface area contributed by atoms with Crippen LogP contribution in [0.1, 0.15) is 12.1 Å². The van der Waals surface area contributed by atoms with Crippen LogP contribution in [-0.2, 0) is 52.4 Å². The number of imidazole rings is 1. The molecule has 4 aromatic rings. The van der Waals surface area contributed by atoms with Gasteiger partial charge in [-0.15, -0.1) is 16.4 Å². The highest BCUT2D eigenvalue weighted by molar-refractivity contribution is 8.44. The summed E-state index contributed by atoms with van der Waals surface area (Å²) in [5, 5.41) is 4.40. The Bertz CT molecular complexity index is 1740. The molecule has 0 amide bonds. The molecular weight excluding hydrogens is 647 g/mol. The summed E-state index contributed by atoms with van der Waals surface area (Å²) in [5.74, 6) is 0.283. The molecule has 0 radical (unpaired) electrons. The van der Waals surface area contributed by atoms with Gasteiger partial charge in [0.25, 0.3) is 5.56 Å². The minimum Gasteiger partial charge on any atom is -0.369 e. The van der Waals surface area contributed by atoms with Crippen LogP contribution in [0, 0.1) is 0 Å². The van der Waals surface area contributed by atoms with Gasteiger partial charge < -0.3 is 24.4 Å². The van der Waals surface area contributed by atoms with Crippen LogP contribution >= 0.6 is 37.1 Å². The molecule has 4 aromatic heterocycles.